The zero-order valence-electron chi connectivity index (χ0n) is 10.3. The number of halogens is 3. The van der Waals surface area contributed by atoms with Crippen molar-refractivity contribution in [2.24, 2.45) is 0 Å². The van der Waals surface area contributed by atoms with Crippen LogP contribution in [0.3, 0.4) is 0 Å². The lowest BCUT2D eigenvalue weighted by Crippen LogP contribution is -2.14. The van der Waals surface area contributed by atoms with Crippen LogP contribution in [-0.4, -0.2) is 10.8 Å². The zero-order chi connectivity index (χ0) is 15.6. The highest BCUT2D eigenvalue weighted by Crippen LogP contribution is 2.30. The van der Waals surface area contributed by atoms with Gasteiger partial charge in [0.2, 0.25) is 0 Å². The zero-order valence-corrected chi connectivity index (χ0v) is 12.5. The van der Waals surface area contributed by atoms with Crippen molar-refractivity contribution in [3.8, 4) is 0 Å². The van der Waals surface area contributed by atoms with Gasteiger partial charge in [-0.2, -0.15) is 0 Å². The van der Waals surface area contributed by atoms with E-state index in [4.69, 9.17) is 34.8 Å². The number of hydrogen-bond acceptors (Lipinski definition) is 3. The number of nitrogens with one attached hydrogen (secondary N) is 1. The fraction of sp³-hybridized carbons (Fsp3) is 0. The topological polar surface area (TPSA) is 72.2 Å². The molecule has 2 aromatic rings. The van der Waals surface area contributed by atoms with Crippen LogP contribution < -0.4 is 5.32 Å². The van der Waals surface area contributed by atoms with E-state index in [2.05, 4.69) is 5.32 Å². The minimum absolute atomic E-state index is 0.116. The summed E-state index contributed by atoms with van der Waals surface area (Å²) in [6, 6.07) is 8.59. The van der Waals surface area contributed by atoms with E-state index in [1.807, 2.05) is 0 Å². The Labute approximate surface area is 134 Å². The molecular weight excluding hydrogens is 339 g/mol. The molecule has 5 nitrogen and oxygen atoms in total. The number of para-hydroxylation sites is 1. The van der Waals surface area contributed by atoms with Crippen LogP contribution in [0.15, 0.2) is 36.4 Å². The molecule has 0 unspecified atom stereocenters. The molecule has 8 heteroatoms. The molecule has 0 spiro atoms. The van der Waals surface area contributed by atoms with E-state index in [9.17, 15) is 14.9 Å². The Hall–Kier alpha value is -1.82. The van der Waals surface area contributed by atoms with Gasteiger partial charge >= 0.3 is 5.69 Å². The predicted octanol–water partition coefficient (Wildman–Crippen LogP) is 4.81. The van der Waals surface area contributed by atoms with Gasteiger partial charge in [-0.25, -0.2) is 0 Å². The molecule has 0 aliphatic carbocycles. The molecule has 108 valence electrons. The highest BCUT2D eigenvalue weighted by Gasteiger charge is 2.24. The Kier molecular flexibility index (Phi) is 4.67. The fourth-order valence-electron chi connectivity index (χ4n) is 1.66. The van der Waals surface area contributed by atoms with Crippen LogP contribution in [0.5, 0.6) is 0 Å². The lowest BCUT2D eigenvalue weighted by Gasteiger charge is -2.08. The van der Waals surface area contributed by atoms with Crippen molar-refractivity contribution in [1.82, 2.24) is 0 Å². The van der Waals surface area contributed by atoms with Gasteiger partial charge in [0.1, 0.15) is 10.6 Å². The third-order valence-corrected chi connectivity index (χ3v) is 3.45. The quantitative estimate of drug-likeness (QED) is 0.641. The maximum atomic E-state index is 12.2. The van der Waals surface area contributed by atoms with Crippen molar-refractivity contribution < 1.29 is 9.72 Å². The second kappa shape index (κ2) is 6.30. The maximum Gasteiger partial charge on any atom is 0.300 e. The number of benzene rings is 2. The lowest BCUT2D eigenvalue weighted by molar-refractivity contribution is -0.385. The Morgan fingerprint density at radius 1 is 1.10 bits per heavy atom. The number of rotatable bonds is 3. The van der Waals surface area contributed by atoms with Crippen LogP contribution in [0.1, 0.15) is 10.4 Å². The molecule has 1 amide bonds. The molecule has 2 rings (SSSR count). The van der Waals surface area contributed by atoms with Crippen molar-refractivity contribution >= 4 is 52.1 Å². The molecule has 1 N–H and O–H groups in total. The Bertz CT molecular complexity index is 735. The number of amides is 1. The molecule has 0 heterocycles. The molecule has 21 heavy (non-hydrogen) atoms. The summed E-state index contributed by atoms with van der Waals surface area (Å²) in [5.41, 5.74) is -0.319. The molecular formula is C13H7Cl3N2O3. The second-order valence-corrected chi connectivity index (χ2v) is 5.22. The van der Waals surface area contributed by atoms with Crippen molar-refractivity contribution in [3.05, 3.63) is 67.1 Å². The summed E-state index contributed by atoms with van der Waals surface area (Å²) in [6.45, 7) is 0. The number of nitro benzene ring substituents is 1. The van der Waals surface area contributed by atoms with Crippen molar-refractivity contribution in [1.29, 1.82) is 0 Å². The molecule has 0 fully saturated rings. The first-order chi connectivity index (χ1) is 9.90. The van der Waals surface area contributed by atoms with E-state index in [1.54, 1.807) is 0 Å². The number of carbonyl (C=O) groups excluding carboxylic acids is 1. The van der Waals surface area contributed by atoms with E-state index in [1.165, 1.54) is 36.4 Å². The Balaban J connectivity index is 2.37. The van der Waals surface area contributed by atoms with E-state index in [0.717, 1.165) is 0 Å². The standard InChI is InChI=1S/C13H7Cl3N2O3/c14-7-4-5-11(10(16)6-7)17-13(19)8-2-1-3-9(15)12(8)18(20)21/h1-6H,(H,17,19). The Morgan fingerprint density at radius 3 is 2.43 bits per heavy atom. The van der Waals surface area contributed by atoms with Gasteiger partial charge in [-0.15, -0.1) is 0 Å². The molecule has 0 aromatic heterocycles. The van der Waals surface area contributed by atoms with Gasteiger partial charge < -0.3 is 5.32 Å². The van der Waals surface area contributed by atoms with Gasteiger partial charge in [0.25, 0.3) is 5.91 Å². The van der Waals surface area contributed by atoms with Gasteiger partial charge in [-0.3, -0.25) is 14.9 Å². The number of anilines is 1. The van der Waals surface area contributed by atoms with E-state index < -0.39 is 16.5 Å². The molecule has 2 aromatic carbocycles. The van der Waals surface area contributed by atoms with Crippen LogP contribution in [0, 0.1) is 10.1 Å². The minimum Gasteiger partial charge on any atom is -0.320 e. The normalized spacial score (nSPS) is 10.2. The average molecular weight is 346 g/mol. The van der Waals surface area contributed by atoms with Crippen LogP contribution in [-0.2, 0) is 0 Å². The molecule has 0 radical (unpaired) electrons. The monoisotopic (exact) mass is 344 g/mol. The summed E-state index contributed by atoms with van der Waals surface area (Å²) in [5, 5.41) is 14.0. The van der Waals surface area contributed by atoms with Crippen LogP contribution in [0.2, 0.25) is 15.1 Å². The van der Waals surface area contributed by atoms with Gasteiger partial charge in [-0.05, 0) is 30.3 Å². The summed E-state index contributed by atoms with van der Waals surface area (Å²) in [7, 11) is 0. The lowest BCUT2D eigenvalue weighted by atomic mass is 10.1. The smallest absolute Gasteiger partial charge is 0.300 e. The van der Waals surface area contributed by atoms with Crippen molar-refractivity contribution in [2.75, 3.05) is 5.32 Å². The SMILES string of the molecule is O=C(Nc1ccc(Cl)cc1Cl)c1cccc(Cl)c1[N+](=O)[O-]. The molecule has 0 saturated heterocycles. The summed E-state index contributed by atoms with van der Waals surface area (Å²) >= 11 is 17.4. The minimum atomic E-state index is -0.708. The van der Waals surface area contributed by atoms with Crippen molar-refractivity contribution in [2.45, 2.75) is 0 Å². The van der Waals surface area contributed by atoms with Gasteiger partial charge in [0, 0.05) is 5.02 Å². The summed E-state index contributed by atoms with van der Waals surface area (Å²) in [5.74, 6) is -0.687. The van der Waals surface area contributed by atoms with E-state index in [-0.39, 0.29) is 15.6 Å². The maximum absolute atomic E-state index is 12.2. The van der Waals surface area contributed by atoms with Crippen LogP contribution in [0.4, 0.5) is 11.4 Å². The van der Waals surface area contributed by atoms with Gasteiger partial charge in [0.15, 0.2) is 0 Å². The first-order valence-electron chi connectivity index (χ1n) is 5.59. The predicted molar refractivity (Wildman–Crippen MR) is 82.5 cm³/mol. The van der Waals surface area contributed by atoms with Crippen LogP contribution in [0.25, 0.3) is 0 Å². The second-order valence-electron chi connectivity index (χ2n) is 3.97. The first kappa shape index (κ1) is 15.6. The molecule has 0 bridgehead atoms. The molecule has 0 aliphatic rings. The highest BCUT2D eigenvalue weighted by atomic mass is 35.5. The third kappa shape index (κ3) is 3.44. The van der Waals surface area contributed by atoms with Crippen molar-refractivity contribution in [3.63, 3.8) is 0 Å². The third-order valence-electron chi connectivity index (χ3n) is 2.59. The summed E-state index contributed by atoms with van der Waals surface area (Å²) in [4.78, 5) is 22.5. The summed E-state index contributed by atoms with van der Waals surface area (Å²) in [6.07, 6.45) is 0. The number of nitrogens with zero attached hydrogens (tertiary/aromatic N) is 1. The van der Waals surface area contributed by atoms with Crippen LogP contribution >= 0.6 is 34.8 Å². The fourth-order valence-corrected chi connectivity index (χ4v) is 2.36. The van der Waals surface area contributed by atoms with E-state index in [0.29, 0.717) is 10.7 Å². The Morgan fingerprint density at radius 2 is 1.81 bits per heavy atom. The molecule has 0 atom stereocenters. The number of nitro groups is 1. The molecule has 0 aliphatic heterocycles. The first-order valence-corrected chi connectivity index (χ1v) is 6.73. The average Bonchev–Trinajstić information content (AvgIpc) is 2.41. The van der Waals surface area contributed by atoms with E-state index >= 15 is 0 Å². The number of hydrogen-bond donors (Lipinski definition) is 1. The largest absolute Gasteiger partial charge is 0.320 e. The van der Waals surface area contributed by atoms with Gasteiger partial charge in [-0.1, -0.05) is 40.9 Å². The molecule has 0 saturated carbocycles. The highest BCUT2D eigenvalue weighted by molar-refractivity contribution is 6.37. The number of carbonyl (C=O) groups is 1. The summed E-state index contributed by atoms with van der Waals surface area (Å²) < 4.78 is 0. The van der Waals surface area contributed by atoms with Gasteiger partial charge in [0.05, 0.1) is 15.6 Å².